The third-order valence-electron chi connectivity index (χ3n) is 3.61. The van der Waals surface area contributed by atoms with Crippen molar-refractivity contribution in [3.8, 4) is 0 Å². The van der Waals surface area contributed by atoms with Crippen molar-refractivity contribution in [2.45, 2.75) is 12.2 Å². The molecule has 1 aliphatic heterocycles. The number of ketones is 1. The lowest BCUT2D eigenvalue weighted by Crippen LogP contribution is -2.07. The van der Waals surface area contributed by atoms with Crippen LogP contribution >= 0.6 is 0 Å². The Labute approximate surface area is 115 Å². The fourth-order valence-electron chi connectivity index (χ4n) is 2.49. The third-order valence-corrected chi connectivity index (χ3v) is 3.61. The third kappa shape index (κ3) is 1.84. The van der Waals surface area contributed by atoms with Gasteiger partial charge < -0.3 is 9.15 Å². The minimum atomic E-state index is -0.415. The van der Waals surface area contributed by atoms with Gasteiger partial charge in [0.05, 0.1) is 6.26 Å². The molecule has 1 aromatic heterocycles. The maximum absolute atomic E-state index is 12.4. The van der Waals surface area contributed by atoms with Gasteiger partial charge in [-0.1, -0.05) is 36.4 Å². The maximum Gasteiger partial charge on any atom is 0.194 e. The van der Waals surface area contributed by atoms with Crippen molar-refractivity contribution in [2.24, 2.45) is 0 Å². The van der Waals surface area contributed by atoms with E-state index in [9.17, 15) is 4.79 Å². The van der Waals surface area contributed by atoms with Gasteiger partial charge in [0.2, 0.25) is 0 Å². The Morgan fingerprint density at radius 3 is 2.60 bits per heavy atom. The smallest absolute Gasteiger partial charge is 0.194 e. The highest BCUT2D eigenvalue weighted by Gasteiger charge is 2.48. The standard InChI is InChI=1S/C17H12O3/c18-15(17-16(20-17)14-6-3-9-19-14)13-8-7-11-4-1-2-5-12(11)10-13/h1-10,16-17H/t16-,17-/m0/s1. The Hall–Kier alpha value is -2.39. The van der Waals surface area contributed by atoms with Crippen LogP contribution in [0.5, 0.6) is 0 Å². The van der Waals surface area contributed by atoms with Gasteiger partial charge in [-0.3, -0.25) is 4.79 Å². The molecule has 98 valence electrons. The van der Waals surface area contributed by atoms with E-state index >= 15 is 0 Å². The highest BCUT2D eigenvalue weighted by molar-refractivity contribution is 6.04. The van der Waals surface area contributed by atoms with Crippen molar-refractivity contribution in [1.29, 1.82) is 0 Å². The van der Waals surface area contributed by atoms with Gasteiger partial charge in [-0.05, 0) is 29.0 Å². The van der Waals surface area contributed by atoms with Crippen molar-refractivity contribution in [3.63, 3.8) is 0 Å². The number of carbonyl (C=O) groups is 1. The maximum atomic E-state index is 12.4. The van der Waals surface area contributed by atoms with E-state index in [1.165, 1.54) is 0 Å². The first kappa shape index (κ1) is 11.4. The van der Waals surface area contributed by atoms with Crippen molar-refractivity contribution >= 4 is 16.6 Å². The SMILES string of the molecule is O=C(c1ccc2ccccc2c1)[C@@H]1O[C@H]1c1ccco1. The molecule has 3 nitrogen and oxygen atoms in total. The molecule has 0 aliphatic carbocycles. The highest BCUT2D eigenvalue weighted by atomic mass is 16.6. The van der Waals surface area contributed by atoms with Crippen molar-refractivity contribution in [3.05, 3.63) is 72.2 Å². The summed E-state index contributed by atoms with van der Waals surface area (Å²) in [6, 6.07) is 17.4. The van der Waals surface area contributed by atoms with Gasteiger partial charge in [0.1, 0.15) is 11.9 Å². The highest BCUT2D eigenvalue weighted by Crippen LogP contribution is 2.40. The van der Waals surface area contributed by atoms with Crippen LogP contribution in [-0.2, 0) is 4.74 Å². The van der Waals surface area contributed by atoms with E-state index < -0.39 is 6.10 Å². The molecule has 0 N–H and O–H groups in total. The first-order chi connectivity index (χ1) is 9.83. The number of hydrogen-bond donors (Lipinski definition) is 0. The lowest BCUT2D eigenvalue weighted by atomic mass is 10.0. The molecule has 4 rings (SSSR count). The molecule has 3 heteroatoms. The van der Waals surface area contributed by atoms with Crippen LogP contribution in [0.1, 0.15) is 22.2 Å². The topological polar surface area (TPSA) is 42.7 Å². The largest absolute Gasteiger partial charge is 0.466 e. The Kier molecular flexibility index (Phi) is 2.47. The molecule has 2 aromatic carbocycles. The zero-order valence-electron chi connectivity index (χ0n) is 10.7. The molecule has 1 saturated heterocycles. The number of fused-ring (bicyclic) bond motifs is 1. The van der Waals surface area contributed by atoms with Crippen molar-refractivity contribution in [1.82, 2.24) is 0 Å². The fourth-order valence-corrected chi connectivity index (χ4v) is 2.49. The summed E-state index contributed by atoms with van der Waals surface area (Å²) in [5.41, 5.74) is 0.683. The average Bonchev–Trinajstić information content (AvgIpc) is 3.11. The van der Waals surface area contributed by atoms with E-state index in [1.54, 1.807) is 12.3 Å². The molecule has 2 atom stereocenters. The molecule has 2 heterocycles. The Balaban J connectivity index is 1.62. The normalized spacial score (nSPS) is 21.0. The van der Waals surface area contributed by atoms with E-state index in [2.05, 4.69) is 0 Å². The number of hydrogen-bond acceptors (Lipinski definition) is 3. The summed E-state index contributed by atoms with van der Waals surface area (Å²) in [4.78, 5) is 12.4. The summed E-state index contributed by atoms with van der Waals surface area (Å²) >= 11 is 0. The van der Waals surface area contributed by atoms with Crippen LogP contribution in [0, 0.1) is 0 Å². The summed E-state index contributed by atoms with van der Waals surface area (Å²) < 4.78 is 10.7. The molecular weight excluding hydrogens is 252 g/mol. The van der Waals surface area contributed by atoms with Crippen molar-refractivity contribution in [2.75, 3.05) is 0 Å². The van der Waals surface area contributed by atoms with E-state index in [0.29, 0.717) is 11.3 Å². The number of benzene rings is 2. The summed E-state index contributed by atoms with van der Waals surface area (Å²) in [6.45, 7) is 0. The summed E-state index contributed by atoms with van der Waals surface area (Å²) in [7, 11) is 0. The van der Waals surface area contributed by atoms with Crippen LogP contribution in [0.15, 0.2) is 65.3 Å². The van der Waals surface area contributed by atoms with E-state index in [4.69, 9.17) is 9.15 Å². The van der Waals surface area contributed by atoms with Gasteiger partial charge in [-0.25, -0.2) is 0 Å². The first-order valence-corrected chi connectivity index (χ1v) is 6.55. The van der Waals surface area contributed by atoms with Gasteiger partial charge >= 0.3 is 0 Å². The molecule has 0 bridgehead atoms. The zero-order chi connectivity index (χ0) is 13.5. The second kappa shape index (κ2) is 4.32. The molecule has 0 spiro atoms. The minimum absolute atomic E-state index is 0.0113. The van der Waals surface area contributed by atoms with E-state index in [-0.39, 0.29) is 11.9 Å². The number of epoxide rings is 1. The van der Waals surface area contributed by atoms with Crippen LogP contribution in [0.2, 0.25) is 0 Å². The van der Waals surface area contributed by atoms with Gasteiger partial charge in [0.15, 0.2) is 11.9 Å². The monoisotopic (exact) mass is 264 g/mol. The van der Waals surface area contributed by atoms with Gasteiger partial charge in [0, 0.05) is 5.56 Å². The lowest BCUT2D eigenvalue weighted by Gasteiger charge is -2.01. The van der Waals surface area contributed by atoms with Crippen LogP contribution in [-0.4, -0.2) is 11.9 Å². The molecular formula is C17H12O3. The zero-order valence-corrected chi connectivity index (χ0v) is 10.7. The van der Waals surface area contributed by atoms with Gasteiger partial charge in [-0.2, -0.15) is 0 Å². The van der Waals surface area contributed by atoms with E-state index in [1.807, 2.05) is 48.5 Å². The molecule has 3 aromatic rings. The summed E-state index contributed by atoms with van der Waals surface area (Å²) in [5, 5.41) is 2.19. The number of carbonyl (C=O) groups excluding carboxylic acids is 1. The predicted octanol–water partition coefficient (Wildman–Crippen LogP) is 3.76. The van der Waals surface area contributed by atoms with Crippen LogP contribution in [0.3, 0.4) is 0 Å². The second-order valence-corrected chi connectivity index (χ2v) is 4.92. The number of Topliss-reactive ketones (excluding diaryl/α,β-unsaturated/α-hetero) is 1. The first-order valence-electron chi connectivity index (χ1n) is 6.55. The van der Waals surface area contributed by atoms with Gasteiger partial charge in [-0.15, -0.1) is 0 Å². The Morgan fingerprint density at radius 1 is 0.950 bits per heavy atom. The molecule has 1 fully saturated rings. The molecule has 0 radical (unpaired) electrons. The quantitative estimate of drug-likeness (QED) is 0.534. The molecule has 20 heavy (non-hydrogen) atoms. The van der Waals surface area contributed by atoms with Crippen LogP contribution in [0.4, 0.5) is 0 Å². The number of rotatable bonds is 3. The Morgan fingerprint density at radius 2 is 1.80 bits per heavy atom. The van der Waals surface area contributed by atoms with Crippen LogP contribution < -0.4 is 0 Å². The predicted molar refractivity (Wildman–Crippen MR) is 74.6 cm³/mol. The lowest BCUT2D eigenvalue weighted by molar-refractivity contribution is 0.0954. The number of furan rings is 1. The minimum Gasteiger partial charge on any atom is -0.466 e. The molecule has 0 unspecified atom stereocenters. The second-order valence-electron chi connectivity index (χ2n) is 4.92. The van der Waals surface area contributed by atoms with Gasteiger partial charge in [0.25, 0.3) is 0 Å². The van der Waals surface area contributed by atoms with E-state index in [0.717, 1.165) is 10.8 Å². The summed E-state index contributed by atoms with van der Waals surface area (Å²) in [5.74, 6) is 0.723. The molecule has 0 saturated carbocycles. The molecule has 1 aliphatic rings. The van der Waals surface area contributed by atoms with Crippen LogP contribution in [0.25, 0.3) is 10.8 Å². The number of ether oxygens (including phenoxy) is 1. The average molecular weight is 264 g/mol. The summed E-state index contributed by atoms with van der Waals surface area (Å²) in [6.07, 6.45) is 0.945. The van der Waals surface area contributed by atoms with Crippen molar-refractivity contribution < 1.29 is 13.9 Å². The Bertz CT molecular complexity index is 774. The fraction of sp³-hybridized carbons (Fsp3) is 0.118. The molecule has 0 amide bonds.